The number of aromatic hydroxyl groups is 1. The second-order valence-corrected chi connectivity index (χ2v) is 6.20. The highest BCUT2D eigenvalue weighted by Crippen LogP contribution is 2.30. The van der Waals surface area contributed by atoms with E-state index in [4.69, 9.17) is 0 Å². The average Bonchev–Trinajstić information content (AvgIpc) is 2.89. The molecule has 0 aliphatic carbocycles. The Bertz CT molecular complexity index is 706. The summed E-state index contributed by atoms with van der Waals surface area (Å²) >= 11 is 3.87. The molecule has 0 spiro atoms. The second-order valence-electron chi connectivity index (χ2n) is 4.10. The number of hydrogen-bond acceptors (Lipinski definition) is 3. The Hall–Kier alpha value is -1.40. The Morgan fingerprint density at radius 3 is 2.53 bits per heavy atom. The molecule has 1 aromatic heterocycles. The third-order valence-electron chi connectivity index (χ3n) is 2.74. The Kier molecular flexibility index (Phi) is 3.52. The predicted octanol–water partition coefficient (Wildman–Crippen LogP) is 4.79. The Balaban J connectivity index is 1.97. The number of halogens is 1. The average molecular weight is 379 g/mol. The van der Waals surface area contributed by atoms with E-state index < -0.39 is 0 Å². The third-order valence-corrected chi connectivity index (χ3v) is 4.35. The highest BCUT2D eigenvalue weighted by molar-refractivity contribution is 14.1. The van der Waals surface area contributed by atoms with Crippen LogP contribution in [0.5, 0.6) is 5.75 Å². The minimum Gasteiger partial charge on any atom is -0.508 e. The first kappa shape index (κ1) is 12.6. The molecule has 1 heterocycles. The molecule has 2 nitrogen and oxygen atoms in total. The first-order valence-corrected chi connectivity index (χ1v) is 7.69. The van der Waals surface area contributed by atoms with Crippen LogP contribution < -0.4 is 0 Å². The number of phenols is 1. The van der Waals surface area contributed by atoms with Crippen LogP contribution in [-0.4, -0.2) is 10.1 Å². The molecule has 0 saturated carbocycles. The molecule has 0 saturated heterocycles. The molecule has 2 aromatic carbocycles. The largest absolute Gasteiger partial charge is 0.508 e. The molecule has 0 amide bonds. The molecule has 19 heavy (non-hydrogen) atoms. The third kappa shape index (κ3) is 2.79. The summed E-state index contributed by atoms with van der Waals surface area (Å²) in [4.78, 5) is 4.63. The van der Waals surface area contributed by atoms with Crippen LogP contribution in [-0.2, 0) is 0 Å². The summed E-state index contributed by atoms with van der Waals surface area (Å²) in [7, 11) is 0. The van der Waals surface area contributed by atoms with Gasteiger partial charge in [0, 0.05) is 20.1 Å². The number of hydrogen-bond donors (Lipinski definition) is 1. The summed E-state index contributed by atoms with van der Waals surface area (Å²) in [6.45, 7) is 0. The van der Waals surface area contributed by atoms with Crippen LogP contribution in [0.4, 0.5) is 0 Å². The van der Waals surface area contributed by atoms with Crippen LogP contribution in [0.25, 0.3) is 21.8 Å². The summed E-state index contributed by atoms with van der Waals surface area (Å²) in [6.07, 6.45) is 0. The molecule has 0 radical (unpaired) electrons. The van der Waals surface area contributed by atoms with Gasteiger partial charge in [-0.1, -0.05) is 24.3 Å². The van der Waals surface area contributed by atoms with E-state index in [1.54, 1.807) is 23.5 Å². The fourth-order valence-corrected chi connectivity index (χ4v) is 2.98. The van der Waals surface area contributed by atoms with Crippen molar-refractivity contribution < 1.29 is 5.11 Å². The van der Waals surface area contributed by atoms with E-state index in [-0.39, 0.29) is 5.75 Å². The van der Waals surface area contributed by atoms with Gasteiger partial charge >= 0.3 is 0 Å². The second kappa shape index (κ2) is 5.30. The topological polar surface area (TPSA) is 33.1 Å². The number of aromatic nitrogens is 1. The van der Waals surface area contributed by atoms with Gasteiger partial charge in [-0.25, -0.2) is 4.98 Å². The molecule has 3 aromatic rings. The van der Waals surface area contributed by atoms with Crippen molar-refractivity contribution in [2.75, 3.05) is 0 Å². The van der Waals surface area contributed by atoms with Gasteiger partial charge in [-0.15, -0.1) is 11.3 Å². The lowest BCUT2D eigenvalue weighted by atomic mass is 10.2. The van der Waals surface area contributed by atoms with Crippen LogP contribution in [0.3, 0.4) is 0 Å². The van der Waals surface area contributed by atoms with Crippen LogP contribution >= 0.6 is 33.9 Å². The fourth-order valence-electron chi connectivity index (χ4n) is 1.80. The van der Waals surface area contributed by atoms with Crippen molar-refractivity contribution in [3.8, 4) is 27.6 Å². The molecule has 3 rings (SSSR count). The molecule has 0 unspecified atom stereocenters. The summed E-state index contributed by atoms with van der Waals surface area (Å²) in [5.41, 5.74) is 3.03. The normalized spacial score (nSPS) is 10.6. The number of phenolic OH excluding ortho intramolecular Hbond substituents is 1. The molecule has 0 fully saturated rings. The molecule has 1 N–H and O–H groups in total. The Labute approximate surface area is 128 Å². The van der Waals surface area contributed by atoms with Gasteiger partial charge in [-0.3, -0.25) is 0 Å². The van der Waals surface area contributed by atoms with Crippen LogP contribution in [0, 0.1) is 3.57 Å². The highest BCUT2D eigenvalue weighted by atomic mass is 127. The highest BCUT2D eigenvalue weighted by Gasteiger charge is 2.07. The molecule has 0 aliphatic heterocycles. The standard InChI is InChI=1S/C15H10INOS/c16-12-6-4-10(5-7-12)14-9-19-15(17-14)11-2-1-3-13(18)8-11/h1-9,18H. The van der Waals surface area contributed by atoms with Crippen molar-refractivity contribution in [3.63, 3.8) is 0 Å². The maximum Gasteiger partial charge on any atom is 0.124 e. The van der Waals surface area contributed by atoms with Gasteiger partial charge in [0.25, 0.3) is 0 Å². The molecular formula is C15H10INOS. The van der Waals surface area contributed by atoms with Crippen molar-refractivity contribution in [3.05, 3.63) is 57.5 Å². The maximum atomic E-state index is 9.50. The smallest absolute Gasteiger partial charge is 0.124 e. The van der Waals surface area contributed by atoms with Gasteiger partial charge in [0.1, 0.15) is 10.8 Å². The first-order valence-electron chi connectivity index (χ1n) is 5.73. The van der Waals surface area contributed by atoms with Crippen molar-refractivity contribution in [1.82, 2.24) is 4.98 Å². The minimum absolute atomic E-state index is 0.267. The zero-order valence-corrected chi connectivity index (χ0v) is 12.9. The number of nitrogens with zero attached hydrogens (tertiary/aromatic N) is 1. The van der Waals surface area contributed by atoms with Crippen LogP contribution in [0.15, 0.2) is 53.9 Å². The van der Waals surface area contributed by atoms with Gasteiger partial charge in [-0.05, 0) is 46.9 Å². The van der Waals surface area contributed by atoms with E-state index in [0.717, 1.165) is 21.8 Å². The monoisotopic (exact) mass is 379 g/mol. The number of benzene rings is 2. The van der Waals surface area contributed by atoms with Gasteiger partial charge in [0.2, 0.25) is 0 Å². The van der Waals surface area contributed by atoms with E-state index in [1.807, 2.05) is 17.5 Å². The van der Waals surface area contributed by atoms with Crippen molar-refractivity contribution in [2.45, 2.75) is 0 Å². The predicted molar refractivity (Wildman–Crippen MR) is 87.4 cm³/mol. The van der Waals surface area contributed by atoms with E-state index in [2.05, 4.69) is 51.8 Å². The van der Waals surface area contributed by atoms with Gasteiger partial charge in [-0.2, -0.15) is 0 Å². The maximum absolute atomic E-state index is 9.50. The Morgan fingerprint density at radius 2 is 1.79 bits per heavy atom. The molecule has 94 valence electrons. The molecule has 4 heteroatoms. The van der Waals surface area contributed by atoms with Crippen LogP contribution in [0.2, 0.25) is 0 Å². The van der Waals surface area contributed by atoms with Gasteiger partial charge < -0.3 is 5.11 Å². The van der Waals surface area contributed by atoms with Gasteiger partial charge in [0.15, 0.2) is 0 Å². The zero-order chi connectivity index (χ0) is 13.2. The van der Waals surface area contributed by atoms with Gasteiger partial charge in [0.05, 0.1) is 5.69 Å². The Morgan fingerprint density at radius 1 is 1.00 bits per heavy atom. The first-order chi connectivity index (χ1) is 9.22. The van der Waals surface area contributed by atoms with E-state index in [1.165, 1.54) is 3.57 Å². The minimum atomic E-state index is 0.267. The van der Waals surface area contributed by atoms with E-state index in [0.29, 0.717) is 0 Å². The summed E-state index contributed by atoms with van der Waals surface area (Å²) in [5, 5.41) is 12.5. The summed E-state index contributed by atoms with van der Waals surface area (Å²) in [5.74, 6) is 0.267. The number of rotatable bonds is 2. The lowest BCUT2D eigenvalue weighted by molar-refractivity contribution is 0.475. The molecule has 0 aliphatic rings. The fraction of sp³-hybridized carbons (Fsp3) is 0. The molecule has 0 bridgehead atoms. The number of thiazole rings is 1. The van der Waals surface area contributed by atoms with Crippen molar-refractivity contribution in [2.24, 2.45) is 0 Å². The summed E-state index contributed by atoms with van der Waals surface area (Å²) < 4.78 is 1.21. The van der Waals surface area contributed by atoms with Crippen LogP contribution in [0.1, 0.15) is 0 Å². The summed E-state index contributed by atoms with van der Waals surface area (Å²) in [6, 6.07) is 15.5. The van der Waals surface area contributed by atoms with E-state index >= 15 is 0 Å². The molecule has 0 atom stereocenters. The zero-order valence-electron chi connectivity index (χ0n) is 9.88. The lowest BCUT2D eigenvalue weighted by Crippen LogP contribution is -1.80. The quantitative estimate of drug-likeness (QED) is 0.650. The molecular weight excluding hydrogens is 369 g/mol. The van der Waals surface area contributed by atoms with Crippen molar-refractivity contribution in [1.29, 1.82) is 0 Å². The van der Waals surface area contributed by atoms with Crippen molar-refractivity contribution >= 4 is 33.9 Å². The van der Waals surface area contributed by atoms with E-state index in [9.17, 15) is 5.11 Å². The SMILES string of the molecule is Oc1cccc(-c2nc(-c3ccc(I)cc3)cs2)c1. The lowest BCUT2D eigenvalue weighted by Gasteiger charge is -1.98.